The fourth-order valence-corrected chi connectivity index (χ4v) is 1.30. The van der Waals surface area contributed by atoms with Crippen molar-refractivity contribution >= 4 is 23.8 Å². The standard InChI is InChI=1S/C12H14ClNO3/c1-2-16-12(15)6-7-17-14-9-10-4-3-5-11(13)8-10/h3-5,8-9H,2,6-7H2,1H3/b14-9+. The first-order valence-electron chi connectivity index (χ1n) is 5.29. The first-order valence-corrected chi connectivity index (χ1v) is 5.66. The third-order valence-corrected chi connectivity index (χ3v) is 2.06. The molecule has 0 aliphatic carbocycles. The molecule has 1 rings (SSSR count). The average Bonchev–Trinajstić information content (AvgIpc) is 2.29. The Morgan fingerprint density at radius 2 is 2.35 bits per heavy atom. The second-order valence-corrected chi connectivity index (χ2v) is 3.61. The topological polar surface area (TPSA) is 47.9 Å². The maximum Gasteiger partial charge on any atom is 0.309 e. The number of hydrogen-bond donors (Lipinski definition) is 0. The molecular formula is C12H14ClNO3. The second-order valence-electron chi connectivity index (χ2n) is 3.18. The maximum absolute atomic E-state index is 10.9. The van der Waals surface area contributed by atoms with Gasteiger partial charge in [-0.25, -0.2) is 0 Å². The average molecular weight is 256 g/mol. The molecule has 1 aromatic rings. The summed E-state index contributed by atoms with van der Waals surface area (Å²) >= 11 is 5.80. The number of ether oxygens (including phenoxy) is 1. The third-order valence-electron chi connectivity index (χ3n) is 1.83. The number of nitrogens with zero attached hydrogens (tertiary/aromatic N) is 1. The van der Waals surface area contributed by atoms with Gasteiger partial charge in [0.25, 0.3) is 0 Å². The van der Waals surface area contributed by atoms with E-state index >= 15 is 0 Å². The molecule has 17 heavy (non-hydrogen) atoms. The summed E-state index contributed by atoms with van der Waals surface area (Å²) in [7, 11) is 0. The number of rotatable bonds is 6. The van der Waals surface area contributed by atoms with Crippen LogP contribution in [0.4, 0.5) is 0 Å². The van der Waals surface area contributed by atoms with E-state index in [1.807, 2.05) is 12.1 Å². The Morgan fingerprint density at radius 1 is 1.53 bits per heavy atom. The van der Waals surface area contributed by atoms with Crippen LogP contribution in [0.5, 0.6) is 0 Å². The van der Waals surface area contributed by atoms with Crippen LogP contribution in [0.1, 0.15) is 18.9 Å². The van der Waals surface area contributed by atoms with Crippen LogP contribution in [0.3, 0.4) is 0 Å². The van der Waals surface area contributed by atoms with Gasteiger partial charge in [-0.3, -0.25) is 4.79 Å². The SMILES string of the molecule is CCOC(=O)CCO/N=C/c1cccc(Cl)c1. The normalized spacial score (nSPS) is 10.5. The number of hydrogen-bond acceptors (Lipinski definition) is 4. The van der Waals surface area contributed by atoms with Crippen LogP contribution in [0.2, 0.25) is 5.02 Å². The first-order chi connectivity index (χ1) is 8.22. The molecule has 0 spiro atoms. The zero-order valence-corrected chi connectivity index (χ0v) is 10.3. The van der Waals surface area contributed by atoms with Gasteiger partial charge in [0.05, 0.1) is 19.2 Å². The molecule has 0 heterocycles. The first kappa shape index (κ1) is 13.5. The summed E-state index contributed by atoms with van der Waals surface area (Å²) in [5.41, 5.74) is 0.841. The summed E-state index contributed by atoms with van der Waals surface area (Å²) in [6.45, 7) is 2.34. The van der Waals surface area contributed by atoms with E-state index in [-0.39, 0.29) is 19.0 Å². The van der Waals surface area contributed by atoms with Gasteiger partial charge in [-0.1, -0.05) is 28.9 Å². The zero-order valence-electron chi connectivity index (χ0n) is 9.56. The fourth-order valence-electron chi connectivity index (χ4n) is 1.10. The van der Waals surface area contributed by atoms with E-state index in [4.69, 9.17) is 21.2 Å². The van der Waals surface area contributed by atoms with E-state index < -0.39 is 0 Å². The van der Waals surface area contributed by atoms with E-state index in [0.29, 0.717) is 11.6 Å². The van der Waals surface area contributed by atoms with Crippen molar-refractivity contribution in [2.24, 2.45) is 5.16 Å². The lowest BCUT2D eigenvalue weighted by Crippen LogP contribution is -2.06. The Labute approximate surface area is 105 Å². The molecule has 0 unspecified atom stereocenters. The van der Waals surface area contributed by atoms with Gasteiger partial charge in [-0.15, -0.1) is 0 Å². The lowest BCUT2D eigenvalue weighted by atomic mass is 10.2. The highest BCUT2D eigenvalue weighted by atomic mass is 35.5. The van der Waals surface area contributed by atoms with E-state index in [2.05, 4.69) is 5.16 Å². The summed E-state index contributed by atoms with van der Waals surface area (Å²) in [4.78, 5) is 15.9. The molecule has 92 valence electrons. The van der Waals surface area contributed by atoms with Crippen LogP contribution < -0.4 is 0 Å². The van der Waals surface area contributed by atoms with E-state index in [1.165, 1.54) is 6.21 Å². The predicted octanol–water partition coefficient (Wildman–Crippen LogP) is 2.64. The van der Waals surface area contributed by atoms with Gasteiger partial charge in [0, 0.05) is 5.02 Å². The molecule has 0 saturated heterocycles. The minimum Gasteiger partial charge on any atom is -0.466 e. The molecule has 1 aromatic carbocycles. The van der Waals surface area contributed by atoms with Crippen molar-refractivity contribution in [3.8, 4) is 0 Å². The second kappa shape index (κ2) is 7.68. The van der Waals surface area contributed by atoms with Crippen LogP contribution >= 0.6 is 11.6 Å². The predicted molar refractivity (Wildman–Crippen MR) is 66.2 cm³/mol. The highest BCUT2D eigenvalue weighted by molar-refractivity contribution is 6.30. The quantitative estimate of drug-likeness (QED) is 0.340. The fraction of sp³-hybridized carbons (Fsp3) is 0.333. The Morgan fingerprint density at radius 3 is 3.06 bits per heavy atom. The molecule has 0 aromatic heterocycles. The van der Waals surface area contributed by atoms with E-state index in [0.717, 1.165) is 5.56 Å². The summed E-state index contributed by atoms with van der Waals surface area (Å²) < 4.78 is 4.73. The molecule has 0 aliphatic rings. The highest BCUT2D eigenvalue weighted by Crippen LogP contribution is 2.08. The molecule has 0 atom stereocenters. The maximum atomic E-state index is 10.9. The largest absolute Gasteiger partial charge is 0.466 e. The van der Waals surface area contributed by atoms with Crippen LogP contribution in [-0.4, -0.2) is 25.4 Å². The molecule has 0 amide bonds. The van der Waals surface area contributed by atoms with Crippen molar-refractivity contribution in [2.45, 2.75) is 13.3 Å². The number of oxime groups is 1. The van der Waals surface area contributed by atoms with Crippen LogP contribution in [-0.2, 0) is 14.4 Å². The lowest BCUT2D eigenvalue weighted by Gasteiger charge is -2.00. The van der Waals surface area contributed by atoms with Crippen molar-refractivity contribution in [2.75, 3.05) is 13.2 Å². The van der Waals surface area contributed by atoms with Gasteiger partial charge in [0.2, 0.25) is 0 Å². The smallest absolute Gasteiger partial charge is 0.309 e. The molecular weight excluding hydrogens is 242 g/mol. The molecule has 5 heteroatoms. The number of halogens is 1. The van der Waals surface area contributed by atoms with Gasteiger partial charge >= 0.3 is 5.97 Å². The summed E-state index contributed by atoms with van der Waals surface area (Å²) in [6, 6.07) is 7.21. The van der Waals surface area contributed by atoms with Crippen LogP contribution in [0.25, 0.3) is 0 Å². The van der Waals surface area contributed by atoms with Gasteiger partial charge < -0.3 is 9.57 Å². The Hall–Kier alpha value is -1.55. The van der Waals surface area contributed by atoms with Crippen molar-refractivity contribution in [3.63, 3.8) is 0 Å². The molecule has 0 saturated carbocycles. The van der Waals surface area contributed by atoms with Gasteiger partial charge in [-0.2, -0.15) is 0 Å². The summed E-state index contributed by atoms with van der Waals surface area (Å²) in [5.74, 6) is -0.287. The minimum atomic E-state index is -0.287. The third kappa shape index (κ3) is 5.92. The Kier molecular flexibility index (Phi) is 6.10. The van der Waals surface area contributed by atoms with E-state index in [1.54, 1.807) is 19.1 Å². The van der Waals surface area contributed by atoms with Crippen LogP contribution in [0.15, 0.2) is 29.4 Å². The van der Waals surface area contributed by atoms with Crippen molar-refractivity contribution < 1.29 is 14.4 Å². The molecule has 0 bridgehead atoms. The van der Waals surface area contributed by atoms with E-state index in [9.17, 15) is 4.79 Å². The zero-order chi connectivity index (χ0) is 12.5. The molecule has 0 N–H and O–H groups in total. The number of carbonyl (C=O) groups excluding carboxylic acids is 1. The summed E-state index contributed by atoms with van der Waals surface area (Å²) in [5, 5.41) is 4.36. The number of benzene rings is 1. The molecule has 0 aliphatic heterocycles. The molecule has 4 nitrogen and oxygen atoms in total. The monoisotopic (exact) mass is 255 g/mol. The van der Waals surface area contributed by atoms with Crippen molar-refractivity contribution in [3.05, 3.63) is 34.9 Å². The van der Waals surface area contributed by atoms with Gasteiger partial charge in [0.15, 0.2) is 0 Å². The van der Waals surface area contributed by atoms with Crippen molar-refractivity contribution in [1.29, 1.82) is 0 Å². The Bertz CT molecular complexity index is 393. The molecule has 0 fully saturated rings. The number of carbonyl (C=O) groups is 1. The van der Waals surface area contributed by atoms with Gasteiger partial charge in [-0.05, 0) is 24.6 Å². The summed E-state index contributed by atoms with van der Waals surface area (Å²) in [6.07, 6.45) is 1.73. The number of esters is 1. The van der Waals surface area contributed by atoms with Crippen molar-refractivity contribution in [1.82, 2.24) is 0 Å². The lowest BCUT2D eigenvalue weighted by molar-refractivity contribution is -0.144. The van der Waals surface area contributed by atoms with Crippen LogP contribution in [0, 0.1) is 0 Å². The Balaban J connectivity index is 2.24. The minimum absolute atomic E-state index is 0.195. The highest BCUT2D eigenvalue weighted by Gasteiger charge is 2.00. The van der Waals surface area contributed by atoms with Gasteiger partial charge in [0.1, 0.15) is 6.61 Å². The molecule has 0 radical (unpaired) electrons.